The Hall–Kier alpha value is -0.850. The van der Waals surface area contributed by atoms with Crippen LogP contribution in [0.2, 0.25) is 5.02 Å². The van der Waals surface area contributed by atoms with E-state index in [4.69, 9.17) is 23.8 Å². The van der Waals surface area contributed by atoms with Crippen molar-refractivity contribution in [1.29, 1.82) is 0 Å². The Kier molecular flexibility index (Phi) is 3.17. The van der Waals surface area contributed by atoms with Crippen LogP contribution in [0.1, 0.15) is 0 Å². The lowest BCUT2D eigenvalue weighted by molar-refractivity contribution is 1.07. The zero-order chi connectivity index (χ0) is 12.7. The van der Waals surface area contributed by atoms with E-state index in [0.717, 1.165) is 16.7 Å². The van der Waals surface area contributed by atoms with Crippen LogP contribution in [0.25, 0.3) is 16.7 Å². The highest BCUT2D eigenvalue weighted by Crippen LogP contribution is 2.23. The number of imidazole rings is 1. The van der Waals surface area contributed by atoms with E-state index < -0.39 is 0 Å². The van der Waals surface area contributed by atoms with Gasteiger partial charge in [-0.3, -0.25) is 4.57 Å². The minimum Gasteiger partial charge on any atom is -0.330 e. The van der Waals surface area contributed by atoms with Crippen molar-refractivity contribution >= 4 is 57.4 Å². The van der Waals surface area contributed by atoms with Gasteiger partial charge in [0.25, 0.3) is 0 Å². The molecular weight excluding hydrogens is 379 g/mol. The third-order valence-electron chi connectivity index (χ3n) is 2.71. The maximum absolute atomic E-state index is 6.03. The molecule has 1 heterocycles. The van der Waals surface area contributed by atoms with Gasteiger partial charge in [0.05, 0.1) is 11.0 Å². The largest absolute Gasteiger partial charge is 0.330 e. The van der Waals surface area contributed by atoms with Crippen LogP contribution < -0.4 is 0 Å². The van der Waals surface area contributed by atoms with Gasteiger partial charge in [-0.25, -0.2) is 0 Å². The quantitative estimate of drug-likeness (QED) is 0.464. The van der Waals surface area contributed by atoms with Gasteiger partial charge in [-0.2, -0.15) is 0 Å². The summed E-state index contributed by atoms with van der Waals surface area (Å²) in [5.41, 5.74) is 3.06. The molecule has 2 nitrogen and oxygen atoms in total. The summed E-state index contributed by atoms with van der Waals surface area (Å²) in [7, 11) is 0. The third kappa shape index (κ3) is 2.08. The van der Waals surface area contributed by atoms with Crippen LogP contribution >= 0.6 is 46.4 Å². The number of hydrogen-bond donors (Lipinski definition) is 1. The fourth-order valence-corrected chi connectivity index (χ4v) is 2.94. The fraction of sp³-hybridized carbons (Fsp3) is 0. The topological polar surface area (TPSA) is 20.7 Å². The molecule has 0 unspecified atom stereocenters. The predicted molar refractivity (Wildman–Crippen MR) is 86.2 cm³/mol. The van der Waals surface area contributed by atoms with Crippen LogP contribution in [-0.4, -0.2) is 9.55 Å². The lowest BCUT2D eigenvalue weighted by atomic mass is 10.3. The van der Waals surface area contributed by atoms with Gasteiger partial charge in [-0.1, -0.05) is 17.7 Å². The summed E-state index contributed by atoms with van der Waals surface area (Å²) >= 11 is 13.7. The molecule has 0 spiro atoms. The standard InChI is InChI=1S/C13H8ClIN2S/c14-8-2-1-3-10(6-8)17-12-5-4-9(15)7-11(12)16-13(17)18/h1-7H,(H,16,18). The molecule has 2 aromatic carbocycles. The number of hydrogen-bond acceptors (Lipinski definition) is 1. The SMILES string of the molecule is S=c1[nH]c2cc(I)ccc2n1-c1cccc(Cl)c1. The third-order valence-corrected chi connectivity index (χ3v) is 3.90. The lowest BCUT2D eigenvalue weighted by Crippen LogP contribution is -1.93. The van der Waals surface area contributed by atoms with E-state index in [0.29, 0.717) is 9.79 Å². The number of nitrogens with zero attached hydrogens (tertiary/aromatic N) is 1. The monoisotopic (exact) mass is 386 g/mol. The van der Waals surface area contributed by atoms with Gasteiger partial charge in [-0.05, 0) is 71.2 Å². The Morgan fingerprint density at radius 3 is 2.78 bits per heavy atom. The summed E-state index contributed by atoms with van der Waals surface area (Å²) in [5.74, 6) is 0. The highest BCUT2D eigenvalue weighted by molar-refractivity contribution is 14.1. The normalized spacial score (nSPS) is 11.0. The number of halogens is 2. The van der Waals surface area contributed by atoms with Crippen molar-refractivity contribution < 1.29 is 0 Å². The number of H-pyrrole nitrogens is 1. The van der Waals surface area contributed by atoms with Crippen LogP contribution in [0.3, 0.4) is 0 Å². The smallest absolute Gasteiger partial charge is 0.182 e. The van der Waals surface area contributed by atoms with E-state index in [1.165, 1.54) is 3.57 Å². The molecular formula is C13H8ClIN2S. The number of benzene rings is 2. The molecule has 0 aliphatic carbocycles. The van der Waals surface area contributed by atoms with Crippen molar-refractivity contribution in [1.82, 2.24) is 9.55 Å². The Morgan fingerprint density at radius 2 is 2.00 bits per heavy atom. The average molecular weight is 387 g/mol. The van der Waals surface area contributed by atoms with Gasteiger partial charge < -0.3 is 4.98 Å². The van der Waals surface area contributed by atoms with Crippen LogP contribution in [0.15, 0.2) is 42.5 Å². The van der Waals surface area contributed by atoms with Crippen LogP contribution in [0.4, 0.5) is 0 Å². The summed E-state index contributed by atoms with van der Waals surface area (Å²) in [4.78, 5) is 3.22. The summed E-state index contributed by atoms with van der Waals surface area (Å²) in [6.45, 7) is 0. The summed E-state index contributed by atoms with van der Waals surface area (Å²) in [5, 5.41) is 0.703. The van der Waals surface area contributed by atoms with Crippen molar-refractivity contribution in [2.45, 2.75) is 0 Å². The second kappa shape index (κ2) is 4.68. The van der Waals surface area contributed by atoms with Gasteiger partial charge in [0, 0.05) is 14.3 Å². The fourth-order valence-electron chi connectivity index (χ4n) is 1.96. The lowest BCUT2D eigenvalue weighted by Gasteiger charge is -2.04. The van der Waals surface area contributed by atoms with E-state index in [-0.39, 0.29) is 0 Å². The van der Waals surface area contributed by atoms with E-state index >= 15 is 0 Å². The molecule has 1 aromatic heterocycles. The van der Waals surface area contributed by atoms with Crippen molar-refractivity contribution in [3.05, 3.63) is 55.8 Å². The number of aromatic amines is 1. The maximum atomic E-state index is 6.03. The molecule has 0 fully saturated rings. The zero-order valence-corrected chi connectivity index (χ0v) is 12.9. The maximum Gasteiger partial charge on any atom is 0.182 e. The Bertz CT molecular complexity index is 791. The second-order valence-corrected chi connectivity index (χ2v) is 5.98. The molecule has 3 rings (SSSR count). The molecule has 1 N–H and O–H groups in total. The molecule has 0 aliphatic heterocycles. The predicted octanol–water partition coefficient (Wildman–Crippen LogP) is 4.95. The molecule has 18 heavy (non-hydrogen) atoms. The molecule has 90 valence electrons. The first kappa shape index (κ1) is 12.2. The molecule has 0 amide bonds. The first-order chi connectivity index (χ1) is 8.65. The first-order valence-corrected chi connectivity index (χ1v) is 7.18. The number of nitrogens with one attached hydrogen (secondary N) is 1. The molecule has 0 saturated heterocycles. The van der Waals surface area contributed by atoms with Crippen molar-refractivity contribution in [3.63, 3.8) is 0 Å². The van der Waals surface area contributed by atoms with Gasteiger partial charge in [0.2, 0.25) is 0 Å². The van der Waals surface area contributed by atoms with Crippen molar-refractivity contribution in [2.24, 2.45) is 0 Å². The number of aromatic nitrogens is 2. The second-order valence-electron chi connectivity index (χ2n) is 3.91. The van der Waals surface area contributed by atoms with Crippen LogP contribution in [0, 0.1) is 8.34 Å². The molecule has 5 heteroatoms. The van der Waals surface area contributed by atoms with E-state index in [1.54, 1.807) is 0 Å². The van der Waals surface area contributed by atoms with Gasteiger partial charge >= 0.3 is 0 Å². The molecule has 0 saturated carbocycles. The minimum atomic E-state index is 0.675. The van der Waals surface area contributed by atoms with E-state index in [2.05, 4.69) is 45.8 Å². The Balaban J connectivity index is 2.35. The van der Waals surface area contributed by atoms with Crippen LogP contribution in [-0.2, 0) is 0 Å². The number of rotatable bonds is 1. The van der Waals surface area contributed by atoms with Gasteiger partial charge in [0.15, 0.2) is 4.77 Å². The van der Waals surface area contributed by atoms with Crippen molar-refractivity contribution in [3.8, 4) is 5.69 Å². The molecule has 0 radical (unpaired) electrons. The van der Waals surface area contributed by atoms with Crippen molar-refractivity contribution in [2.75, 3.05) is 0 Å². The molecule has 3 aromatic rings. The molecule has 0 aliphatic rings. The Labute approximate surface area is 128 Å². The highest BCUT2D eigenvalue weighted by Gasteiger charge is 2.06. The molecule has 0 bridgehead atoms. The highest BCUT2D eigenvalue weighted by atomic mass is 127. The van der Waals surface area contributed by atoms with Gasteiger partial charge in [-0.15, -0.1) is 0 Å². The first-order valence-electron chi connectivity index (χ1n) is 5.31. The number of fused-ring (bicyclic) bond motifs is 1. The Morgan fingerprint density at radius 1 is 1.17 bits per heavy atom. The summed E-state index contributed by atoms with van der Waals surface area (Å²) in [6, 6.07) is 13.9. The van der Waals surface area contributed by atoms with Crippen LogP contribution in [0.5, 0.6) is 0 Å². The van der Waals surface area contributed by atoms with E-state index in [9.17, 15) is 0 Å². The summed E-state index contributed by atoms with van der Waals surface area (Å²) < 4.78 is 3.84. The van der Waals surface area contributed by atoms with Gasteiger partial charge in [0.1, 0.15) is 0 Å². The zero-order valence-electron chi connectivity index (χ0n) is 9.15. The molecule has 0 atom stereocenters. The minimum absolute atomic E-state index is 0.675. The van der Waals surface area contributed by atoms with E-state index in [1.807, 2.05) is 28.8 Å². The average Bonchev–Trinajstić information content (AvgIpc) is 2.64. The summed E-state index contributed by atoms with van der Waals surface area (Å²) in [6.07, 6.45) is 0.